The summed E-state index contributed by atoms with van der Waals surface area (Å²) < 4.78 is 1.36. The fraction of sp³-hybridized carbons (Fsp3) is 0.381. The van der Waals surface area contributed by atoms with Crippen molar-refractivity contribution in [2.75, 3.05) is 5.32 Å². The Kier molecular flexibility index (Phi) is 4.69. The fourth-order valence-corrected chi connectivity index (χ4v) is 3.83. The quantitative estimate of drug-likeness (QED) is 0.774. The van der Waals surface area contributed by atoms with Crippen LogP contribution < -0.4 is 10.9 Å². The Bertz CT molecular complexity index is 973. The number of nitrogens with zero attached hydrogens (tertiary/aromatic N) is 3. The highest BCUT2D eigenvalue weighted by Gasteiger charge is 2.15. The maximum absolute atomic E-state index is 12.1. The minimum absolute atomic E-state index is 0.0732. The van der Waals surface area contributed by atoms with Crippen LogP contribution in [0.3, 0.4) is 0 Å². The third-order valence-corrected chi connectivity index (χ3v) is 5.34. The van der Waals surface area contributed by atoms with Gasteiger partial charge in [-0.05, 0) is 54.7 Å². The standard InChI is InChI=1S/C21H24N4O/c1-25-21(26)20-8-7-18(12-17(20)13-24-25)23-14-19-11-16(9-10-22-19)15-5-3-2-4-6-15/h7-13,15,23H,2-6,14H2,1H3. The molecule has 0 bridgehead atoms. The second-order valence-electron chi connectivity index (χ2n) is 7.14. The smallest absolute Gasteiger partial charge is 0.274 e. The average molecular weight is 348 g/mol. The first-order valence-corrected chi connectivity index (χ1v) is 9.35. The van der Waals surface area contributed by atoms with Crippen molar-refractivity contribution in [3.8, 4) is 0 Å². The van der Waals surface area contributed by atoms with Gasteiger partial charge in [-0.25, -0.2) is 4.68 Å². The van der Waals surface area contributed by atoms with Gasteiger partial charge in [0.15, 0.2) is 0 Å². The molecule has 5 nitrogen and oxygen atoms in total. The van der Waals surface area contributed by atoms with Gasteiger partial charge in [0.05, 0.1) is 23.8 Å². The predicted octanol–water partition coefficient (Wildman–Crippen LogP) is 3.99. The molecule has 3 aromatic rings. The number of fused-ring (bicyclic) bond motifs is 1. The summed E-state index contributed by atoms with van der Waals surface area (Å²) in [6.07, 6.45) is 10.3. The van der Waals surface area contributed by atoms with Gasteiger partial charge in [-0.3, -0.25) is 9.78 Å². The van der Waals surface area contributed by atoms with Gasteiger partial charge < -0.3 is 5.32 Å². The van der Waals surface area contributed by atoms with E-state index >= 15 is 0 Å². The number of nitrogens with one attached hydrogen (secondary N) is 1. The van der Waals surface area contributed by atoms with Crippen molar-refractivity contribution in [1.29, 1.82) is 0 Å². The SMILES string of the molecule is Cn1ncc2cc(NCc3cc(C4CCCCC4)ccn3)ccc2c1=O. The Morgan fingerprint density at radius 1 is 1.15 bits per heavy atom. The molecular weight excluding hydrogens is 324 g/mol. The Morgan fingerprint density at radius 2 is 2.00 bits per heavy atom. The zero-order valence-corrected chi connectivity index (χ0v) is 15.1. The normalized spacial score (nSPS) is 15.3. The molecule has 0 radical (unpaired) electrons. The minimum atomic E-state index is -0.0732. The molecule has 0 unspecified atom stereocenters. The lowest BCUT2D eigenvalue weighted by atomic mass is 9.84. The summed E-state index contributed by atoms with van der Waals surface area (Å²) in [5.41, 5.74) is 3.37. The van der Waals surface area contributed by atoms with Crippen molar-refractivity contribution < 1.29 is 0 Å². The molecule has 1 aromatic carbocycles. The topological polar surface area (TPSA) is 59.8 Å². The number of rotatable bonds is 4. The Labute approximate surface area is 153 Å². The molecule has 134 valence electrons. The van der Waals surface area contributed by atoms with E-state index in [1.807, 2.05) is 24.4 Å². The van der Waals surface area contributed by atoms with Crippen LogP contribution in [0.25, 0.3) is 10.8 Å². The van der Waals surface area contributed by atoms with E-state index in [9.17, 15) is 4.79 Å². The van der Waals surface area contributed by atoms with E-state index in [1.54, 1.807) is 13.2 Å². The second kappa shape index (κ2) is 7.28. The summed E-state index contributed by atoms with van der Waals surface area (Å²) in [4.78, 5) is 16.6. The molecule has 4 rings (SSSR count). The molecule has 2 aromatic heterocycles. The Morgan fingerprint density at radius 3 is 2.85 bits per heavy atom. The average Bonchev–Trinajstić information content (AvgIpc) is 2.70. The number of hydrogen-bond acceptors (Lipinski definition) is 4. The summed E-state index contributed by atoms with van der Waals surface area (Å²) in [6, 6.07) is 10.2. The molecule has 5 heteroatoms. The zero-order valence-electron chi connectivity index (χ0n) is 15.1. The van der Waals surface area contributed by atoms with Crippen molar-refractivity contribution in [3.05, 3.63) is 64.3 Å². The third-order valence-electron chi connectivity index (χ3n) is 5.34. The number of anilines is 1. The molecule has 1 aliphatic rings. The molecule has 1 N–H and O–H groups in total. The number of aromatic nitrogens is 3. The van der Waals surface area contributed by atoms with Gasteiger partial charge in [-0.1, -0.05) is 19.3 Å². The first-order chi connectivity index (χ1) is 12.7. The summed E-state index contributed by atoms with van der Waals surface area (Å²) in [6.45, 7) is 0.671. The van der Waals surface area contributed by atoms with Crippen LogP contribution in [0.2, 0.25) is 0 Å². The predicted molar refractivity (Wildman–Crippen MR) is 104 cm³/mol. The molecule has 0 atom stereocenters. The van der Waals surface area contributed by atoms with E-state index < -0.39 is 0 Å². The molecule has 0 spiro atoms. The second-order valence-corrected chi connectivity index (χ2v) is 7.14. The van der Waals surface area contributed by atoms with Gasteiger partial charge in [0.25, 0.3) is 5.56 Å². The summed E-state index contributed by atoms with van der Waals surface area (Å²) in [5.74, 6) is 0.688. The van der Waals surface area contributed by atoms with Gasteiger partial charge in [0.2, 0.25) is 0 Å². The van der Waals surface area contributed by atoms with Gasteiger partial charge >= 0.3 is 0 Å². The fourth-order valence-electron chi connectivity index (χ4n) is 3.83. The highest BCUT2D eigenvalue weighted by molar-refractivity contribution is 5.84. The molecule has 1 fully saturated rings. The van der Waals surface area contributed by atoms with Crippen molar-refractivity contribution >= 4 is 16.5 Å². The van der Waals surface area contributed by atoms with E-state index in [0.717, 1.165) is 16.8 Å². The summed E-state index contributed by atoms with van der Waals surface area (Å²) >= 11 is 0. The molecule has 26 heavy (non-hydrogen) atoms. The van der Waals surface area contributed by atoms with Crippen molar-refractivity contribution in [2.24, 2.45) is 7.05 Å². The third kappa shape index (κ3) is 3.47. The molecule has 0 amide bonds. The summed E-state index contributed by atoms with van der Waals surface area (Å²) in [5, 5.41) is 9.05. The first-order valence-electron chi connectivity index (χ1n) is 9.35. The van der Waals surface area contributed by atoms with Crippen molar-refractivity contribution in [1.82, 2.24) is 14.8 Å². The monoisotopic (exact) mass is 348 g/mol. The number of aryl methyl sites for hydroxylation is 1. The summed E-state index contributed by atoms with van der Waals surface area (Å²) in [7, 11) is 1.67. The van der Waals surface area contributed by atoms with E-state index in [4.69, 9.17) is 0 Å². The molecule has 0 saturated heterocycles. The van der Waals surface area contributed by atoms with E-state index in [1.165, 1.54) is 42.3 Å². The Balaban J connectivity index is 1.49. The van der Waals surface area contributed by atoms with E-state index in [2.05, 4.69) is 27.5 Å². The first kappa shape index (κ1) is 16.8. The molecule has 1 aliphatic carbocycles. The minimum Gasteiger partial charge on any atom is -0.379 e. The van der Waals surface area contributed by atoms with Crippen molar-refractivity contribution in [3.63, 3.8) is 0 Å². The van der Waals surface area contributed by atoms with Gasteiger partial charge in [0.1, 0.15) is 0 Å². The van der Waals surface area contributed by atoms with Crippen LogP contribution in [0.5, 0.6) is 0 Å². The molecular formula is C21H24N4O. The highest BCUT2D eigenvalue weighted by atomic mass is 16.1. The van der Waals surface area contributed by atoms with Crippen LogP contribution in [0.15, 0.2) is 47.5 Å². The lowest BCUT2D eigenvalue weighted by Crippen LogP contribution is -2.18. The molecule has 2 heterocycles. The van der Waals surface area contributed by atoms with Crippen LogP contribution >= 0.6 is 0 Å². The van der Waals surface area contributed by atoms with E-state index in [-0.39, 0.29) is 5.56 Å². The number of hydrogen-bond donors (Lipinski definition) is 1. The van der Waals surface area contributed by atoms with Gasteiger partial charge in [-0.15, -0.1) is 0 Å². The van der Waals surface area contributed by atoms with Crippen molar-refractivity contribution in [2.45, 2.75) is 44.6 Å². The zero-order chi connectivity index (χ0) is 17.9. The van der Waals surface area contributed by atoms with Crippen LogP contribution in [0.4, 0.5) is 5.69 Å². The Hall–Kier alpha value is -2.69. The molecule has 1 saturated carbocycles. The van der Waals surface area contributed by atoms with Crippen LogP contribution in [0, 0.1) is 0 Å². The maximum atomic E-state index is 12.1. The van der Waals surface area contributed by atoms with Gasteiger partial charge in [-0.2, -0.15) is 5.10 Å². The number of benzene rings is 1. The lowest BCUT2D eigenvalue weighted by Gasteiger charge is -2.22. The maximum Gasteiger partial charge on any atom is 0.274 e. The largest absolute Gasteiger partial charge is 0.379 e. The van der Waals surface area contributed by atoms with E-state index in [0.29, 0.717) is 17.8 Å². The molecule has 0 aliphatic heterocycles. The van der Waals surface area contributed by atoms with Gasteiger partial charge in [0, 0.05) is 24.3 Å². The highest BCUT2D eigenvalue weighted by Crippen LogP contribution is 2.32. The van der Waals surface area contributed by atoms with Crippen LogP contribution in [0.1, 0.15) is 49.3 Å². The van der Waals surface area contributed by atoms with Crippen LogP contribution in [-0.4, -0.2) is 14.8 Å². The lowest BCUT2D eigenvalue weighted by molar-refractivity contribution is 0.443. The number of pyridine rings is 1. The van der Waals surface area contributed by atoms with Crippen LogP contribution in [-0.2, 0) is 13.6 Å².